The summed E-state index contributed by atoms with van der Waals surface area (Å²) in [6.45, 7) is 8.09. The van der Waals surface area contributed by atoms with E-state index in [9.17, 15) is 53.1 Å². The van der Waals surface area contributed by atoms with E-state index in [0.717, 1.165) is 21.6 Å². The van der Waals surface area contributed by atoms with E-state index in [1.165, 1.54) is 17.3 Å². The van der Waals surface area contributed by atoms with Gasteiger partial charge in [-0.1, -0.05) is 85.7 Å². The average Bonchev–Trinajstić information content (AvgIpc) is 3.85. The number of nitrogens with one attached hydrogen (secondary N) is 7. The van der Waals surface area contributed by atoms with Crippen LogP contribution >= 0.6 is 21.6 Å². The second-order valence-corrected chi connectivity index (χ2v) is 20.3. The van der Waals surface area contributed by atoms with Gasteiger partial charge in [0.1, 0.15) is 42.3 Å². The highest BCUT2D eigenvalue weighted by atomic mass is 33.1. The number of benzene rings is 1. The van der Waals surface area contributed by atoms with Gasteiger partial charge < -0.3 is 63.6 Å². The molecule has 9 amide bonds. The maximum atomic E-state index is 14.4. The molecule has 2 aromatic rings. The van der Waals surface area contributed by atoms with Crippen molar-refractivity contribution in [2.24, 2.45) is 17.4 Å². The summed E-state index contributed by atoms with van der Waals surface area (Å²) in [5.41, 5.74) is 13.3. The molecule has 0 saturated carbocycles. The van der Waals surface area contributed by atoms with Crippen LogP contribution in [0.15, 0.2) is 54.9 Å². The summed E-state index contributed by atoms with van der Waals surface area (Å²) in [7, 11) is 2.12. The Labute approximate surface area is 426 Å². The summed E-state index contributed by atoms with van der Waals surface area (Å²) < 4.78 is 0. The first-order valence-electron chi connectivity index (χ1n) is 23.9. The van der Waals surface area contributed by atoms with Crippen molar-refractivity contribution in [1.29, 1.82) is 0 Å². The Bertz CT molecular complexity index is 2210. The standard InChI is InChI=1S/C47H68N12O11S2/c1-5-58(6-2)19-16-31-42(65)54-34(22-38(61)62)44(67)57-39(27(3)4)47(70)51-24-37(60)59-18-11-15-36(59)46(69)55-33(20-28-12-8-7-9-13-28)43(66)56-35(26-72-71-25-30(48)41(64)52-31)45(68)53-32(40(49)63)21-29-14-10-17-50-23-29/h7-10,12-14,17,23,27,30-36,39H,5-6,11,15-16,18-22,24-26,48H2,1-4H3,(H2,49,63)(H,51,70)(H,52,64)(H,53,68)(H,54,65)(H,55,69)(H,56,66)(H,57,67)(H,61,62)/t30-,31-,32-,33-,34-,35-,36-,39-/m0/s1. The normalized spacial score (nSPS) is 24.2. The van der Waals surface area contributed by atoms with Crippen LogP contribution in [0.2, 0.25) is 0 Å². The lowest BCUT2D eigenvalue weighted by Gasteiger charge is -2.29. The molecule has 3 heterocycles. The minimum absolute atomic E-state index is 0.0198. The molecule has 1 aromatic carbocycles. The Morgan fingerprint density at radius 1 is 0.819 bits per heavy atom. The van der Waals surface area contributed by atoms with Crippen molar-refractivity contribution in [3.8, 4) is 0 Å². The number of aliphatic carboxylic acids is 1. The molecule has 0 radical (unpaired) electrons. The van der Waals surface area contributed by atoms with Crippen molar-refractivity contribution in [2.75, 3.05) is 44.2 Å². The molecule has 4 rings (SSSR count). The van der Waals surface area contributed by atoms with E-state index >= 15 is 0 Å². The minimum Gasteiger partial charge on any atom is -0.481 e. The Kier molecular flexibility index (Phi) is 23.7. The topological polar surface area (TPSA) is 347 Å². The number of nitrogens with two attached hydrogens (primary N) is 2. The zero-order valence-electron chi connectivity index (χ0n) is 40.9. The predicted molar refractivity (Wildman–Crippen MR) is 269 cm³/mol. The maximum Gasteiger partial charge on any atom is 0.305 e. The summed E-state index contributed by atoms with van der Waals surface area (Å²) in [6, 6.07) is 1.59. The van der Waals surface area contributed by atoms with Crippen LogP contribution < -0.4 is 48.7 Å². The summed E-state index contributed by atoms with van der Waals surface area (Å²) in [5.74, 6) is -9.51. The Balaban J connectivity index is 1.71. The fraction of sp³-hybridized carbons (Fsp3) is 0.553. The number of hydrogen-bond donors (Lipinski definition) is 10. The number of carboxylic acids is 1. The van der Waals surface area contributed by atoms with Gasteiger partial charge in [0.15, 0.2) is 0 Å². The molecule has 25 heteroatoms. The highest BCUT2D eigenvalue weighted by molar-refractivity contribution is 8.76. The summed E-state index contributed by atoms with van der Waals surface area (Å²) in [4.78, 5) is 143. The molecule has 72 heavy (non-hydrogen) atoms. The Hall–Kier alpha value is -6.31. The van der Waals surface area contributed by atoms with Crippen molar-refractivity contribution in [2.45, 2.75) is 115 Å². The van der Waals surface area contributed by atoms with Crippen LogP contribution in [0.1, 0.15) is 64.5 Å². The van der Waals surface area contributed by atoms with Gasteiger partial charge in [0, 0.05) is 49.8 Å². The third-order valence-electron chi connectivity index (χ3n) is 12.1. The van der Waals surface area contributed by atoms with Gasteiger partial charge in [-0.3, -0.25) is 52.9 Å². The van der Waals surface area contributed by atoms with Gasteiger partial charge in [0.05, 0.1) is 19.0 Å². The van der Waals surface area contributed by atoms with Crippen LogP contribution in [0.5, 0.6) is 0 Å². The van der Waals surface area contributed by atoms with Crippen molar-refractivity contribution in [3.05, 3.63) is 66.0 Å². The van der Waals surface area contributed by atoms with Gasteiger partial charge in [0.25, 0.3) is 0 Å². The number of pyridine rings is 1. The number of amides is 9. The average molecular weight is 1040 g/mol. The number of aromatic nitrogens is 1. The number of hydrogen-bond acceptors (Lipinski definition) is 15. The molecule has 2 aliphatic rings. The van der Waals surface area contributed by atoms with Crippen LogP contribution in [0, 0.1) is 5.92 Å². The summed E-state index contributed by atoms with van der Waals surface area (Å²) in [5, 5.41) is 28.0. The smallest absolute Gasteiger partial charge is 0.305 e. The molecule has 8 atom stereocenters. The van der Waals surface area contributed by atoms with Gasteiger partial charge in [-0.15, -0.1) is 0 Å². The zero-order valence-corrected chi connectivity index (χ0v) is 42.6. The second-order valence-electron chi connectivity index (χ2n) is 17.7. The van der Waals surface area contributed by atoms with Crippen molar-refractivity contribution >= 4 is 80.7 Å². The van der Waals surface area contributed by atoms with E-state index in [4.69, 9.17) is 11.5 Å². The fourth-order valence-electron chi connectivity index (χ4n) is 7.90. The number of primary amides is 1. The van der Waals surface area contributed by atoms with Gasteiger partial charge in [0.2, 0.25) is 53.2 Å². The molecule has 1 aromatic heterocycles. The molecule has 0 bridgehead atoms. The minimum atomic E-state index is -1.70. The summed E-state index contributed by atoms with van der Waals surface area (Å²) >= 11 is 0. The van der Waals surface area contributed by atoms with Crippen molar-refractivity contribution in [3.63, 3.8) is 0 Å². The number of fused-ring (bicyclic) bond motifs is 1. The third kappa shape index (κ3) is 18.4. The van der Waals surface area contributed by atoms with Gasteiger partial charge in [-0.05, 0) is 55.5 Å². The maximum absolute atomic E-state index is 14.4. The summed E-state index contributed by atoms with van der Waals surface area (Å²) in [6.07, 6.45) is 2.76. The fourth-order valence-corrected chi connectivity index (χ4v) is 10.2. The van der Waals surface area contributed by atoms with E-state index in [-0.39, 0.29) is 43.7 Å². The molecular formula is C47H68N12O11S2. The number of carbonyl (C=O) groups excluding carboxylic acids is 9. The van der Waals surface area contributed by atoms with E-state index in [0.29, 0.717) is 37.2 Å². The molecular weight excluding hydrogens is 973 g/mol. The molecule has 0 aliphatic carbocycles. The lowest BCUT2D eigenvalue weighted by molar-refractivity contribution is -0.142. The molecule has 394 valence electrons. The molecule has 23 nitrogen and oxygen atoms in total. The molecule has 2 saturated heterocycles. The predicted octanol–water partition coefficient (Wildman–Crippen LogP) is -2.05. The highest BCUT2D eigenvalue weighted by Crippen LogP contribution is 2.24. The first kappa shape index (κ1) is 58.3. The molecule has 12 N–H and O–H groups in total. The zero-order chi connectivity index (χ0) is 52.9. The molecule has 0 unspecified atom stereocenters. The number of rotatable bonds is 15. The molecule has 2 fully saturated rings. The Morgan fingerprint density at radius 3 is 2.10 bits per heavy atom. The molecule has 0 spiro atoms. The van der Waals surface area contributed by atoms with E-state index in [1.54, 1.807) is 56.3 Å². The SMILES string of the molecule is CCN(CC)CC[C@@H]1NC(=O)[C@@H](N)CSSC[C@@H](C(=O)N[C@@H](Cc2cccnc2)C(N)=O)NC(=O)[C@H](Cc2ccccc2)NC(=O)[C@@H]2CCCN2C(=O)CNC(=O)[C@H](C(C)C)NC(=O)[C@H](CC(=O)O)NC1=O. The van der Waals surface area contributed by atoms with Gasteiger partial charge >= 0.3 is 5.97 Å². The third-order valence-corrected chi connectivity index (χ3v) is 14.5. The van der Waals surface area contributed by atoms with E-state index in [1.807, 2.05) is 18.7 Å². The quantitative estimate of drug-likeness (QED) is 0.0859. The molecule has 2 aliphatic heterocycles. The van der Waals surface area contributed by atoms with Gasteiger partial charge in [-0.25, -0.2) is 0 Å². The van der Waals surface area contributed by atoms with Crippen molar-refractivity contribution in [1.82, 2.24) is 52.0 Å². The first-order chi connectivity index (χ1) is 34.3. The van der Waals surface area contributed by atoms with Crippen LogP contribution in [0.4, 0.5) is 0 Å². The number of carbonyl (C=O) groups is 10. The number of carboxylic acid groups (broad SMARTS) is 1. The lowest BCUT2D eigenvalue weighted by Crippen LogP contribution is -2.60. The first-order valence-corrected chi connectivity index (χ1v) is 26.4. The Morgan fingerprint density at radius 2 is 1.46 bits per heavy atom. The van der Waals surface area contributed by atoms with Crippen LogP contribution in [0.25, 0.3) is 0 Å². The van der Waals surface area contributed by atoms with E-state index < -0.39 is 126 Å². The van der Waals surface area contributed by atoms with Crippen LogP contribution in [-0.4, -0.2) is 172 Å². The largest absolute Gasteiger partial charge is 0.481 e. The van der Waals surface area contributed by atoms with Gasteiger partial charge in [-0.2, -0.15) is 0 Å². The monoisotopic (exact) mass is 1040 g/mol. The van der Waals surface area contributed by atoms with Crippen LogP contribution in [0.3, 0.4) is 0 Å². The highest BCUT2D eigenvalue weighted by Gasteiger charge is 2.38. The number of nitrogens with zero attached hydrogens (tertiary/aromatic N) is 3. The van der Waals surface area contributed by atoms with Crippen molar-refractivity contribution < 1.29 is 53.1 Å². The lowest BCUT2D eigenvalue weighted by atomic mass is 10.0. The second kappa shape index (κ2) is 29.3. The van der Waals surface area contributed by atoms with Crippen LogP contribution in [-0.2, 0) is 60.8 Å². The van der Waals surface area contributed by atoms with E-state index in [2.05, 4.69) is 42.2 Å².